The van der Waals surface area contributed by atoms with Gasteiger partial charge in [-0.15, -0.1) is 0 Å². The van der Waals surface area contributed by atoms with E-state index in [1.165, 1.54) is 36.1 Å². The van der Waals surface area contributed by atoms with Crippen molar-refractivity contribution in [1.82, 2.24) is 19.7 Å². The van der Waals surface area contributed by atoms with Crippen molar-refractivity contribution in [2.24, 2.45) is 4.99 Å². The van der Waals surface area contributed by atoms with Gasteiger partial charge < -0.3 is 9.72 Å². The van der Waals surface area contributed by atoms with Crippen LogP contribution in [0.25, 0.3) is 5.69 Å². The van der Waals surface area contributed by atoms with Crippen molar-refractivity contribution in [1.29, 1.82) is 0 Å². The zero-order valence-electron chi connectivity index (χ0n) is 18.5. The van der Waals surface area contributed by atoms with E-state index in [1.807, 2.05) is 6.92 Å². The molecule has 3 aromatic rings. The summed E-state index contributed by atoms with van der Waals surface area (Å²) in [5.41, 5.74) is 3.09. The minimum absolute atomic E-state index is 0.0892. The number of nitrogens with one attached hydrogen (secondary N) is 2. The fourth-order valence-corrected chi connectivity index (χ4v) is 4.01. The molecule has 11 nitrogen and oxygen atoms in total. The Morgan fingerprint density at radius 3 is 2.67 bits per heavy atom. The molecular weight excluding hydrogens is 448 g/mol. The Kier molecular flexibility index (Phi) is 7.83. The van der Waals surface area contributed by atoms with Gasteiger partial charge in [-0.3, -0.25) is 29.8 Å². The highest BCUT2D eigenvalue weighted by Gasteiger charge is 2.20. The summed E-state index contributed by atoms with van der Waals surface area (Å²) in [5.74, 6) is 0.983. The van der Waals surface area contributed by atoms with E-state index >= 15 is 0 Å². The van der Waals surface area contributed by atoms with Gasteiger partial charge in [0.15, 0.2) is 0 Å². The standard InChI is InChI=1S/C21H24N6O5S/c1-13-18(24-12-23-13)11-33-9-8-22-14(2)20-17(10-19(28)32-3)25-26(21(20)29)15-4-6-16(7-5-15)27(30)31/h4-7,12,25H,8-11H2,1-3H3,(H,23,24). The molecule has 3 rings (SSSR count). The third-order valence-electron chi connectivity index (χ3n) is 4.95. The van der Waals surface area contributed by atoms with Crippen LogP contribution in [0.1, 0.15) is 29.6 Å². The number of esters is 1. The highest BCUT2D eigenvalue weighted by molar-refractivity contribution is 7.98. The molecule has 33 heavy (non-hydrogen) atoms. The van der Waals surface area contributed by atoms with Crippen molar-refractivity contribution < 1.29 is 14.5 Å². The first-order chi connectivity index (χ1) is 15.8. The number of aromatic amines is 2. The normalized spacial score (nSPS) is 11.5. The lowest BCUT2D eigenvalue weighted by molar-refractivity contribution is -0.384. The quantitative estimate of drug-likeness (QED) is 0.151. The zero-order valence-corrected chi connectivity index (χ0v) is 19.3. The van der Waals surface area contributed by atoms with E-state index in [1.54, 1.807) is 25.0 Å². The van der Waals surface area contributed by atoms with E-state index in [0.29, 0.717) is 23.6 Å². The summed E-state index contributed by atoms with van der Waals surface area (Å²) in [6, 6.07) is 5.53. The minimum atomic E-state index is -0.516. The fraction of sp³-hybridized carbons (Fsp3) is 0.333. The van der Waals surface area contributed by atoms with Gasteiger partial charge in [0.2, 0.25) is 0 Å². The summed E-state index contributed by atoms with van der Waals surface area (Å²) in [6.07, 6.45) is 1.53. The molecule has 0 unspecified atom stereocenters. The molecular formula is C21H24N6O5S. The number of aryl methyl sites for hydroxylation is 1. The summed E-state index contributed by atoms with van der Waals surface area (Å²) in [4.78, 5) is 47.3. The Labute approximate surface area is 193 Å². The van der Waals surface area contributed by atoms with Gasteiger partial charge >= 0.3 is 5.97 Å². The van der Waals surface area contributed by atoms with Crippen LogP contribution < -0.4 is 5.56 Å². The Bertz CT molecular complexity index is 1220. The smallest absolute Gasteiger partial charge is 0.311 e. The number of carbonyl (C=O) groups excluding carboxylic acids is 1. The Balaban J connectivity index is 1.81. The van der Waals surface area contributed by atoms with Crippen LogP contribution in [-0.2, 0) is 21.7 Å². The van der Waals surface area contributed by atoms with Gasteiger partial charge in [-0.1, -0.05) is 0 Å². The number of thioether (sulfide) groups is 1. The predicted octanol–water partition coefficient (Wildman–Crippen LogP) is 2.56. The average Bonchev–Trinajstić information content (AvgIpc) is 3.35. The van der Waals surface area contributed by atoms with E-state index in [0.717, 1.165) is 22.9 Å². The zero-order chi connectivity index (χ0) is 24.0. The summed E-state index contributed by atoms with van der Waals surface area (Å²) in [7, 11) is 1.27. The van der Waals surface area contributed by atoms with Gasteiger partial charge in [-0.05, 0) is 26.0 Å². The van der Waals surface area contributed by atoms with Crippen LogP contribution in [0, 0.1) is 17.0 Å². The largest absolute Gasteiger partial charge is 0.469 e. The number of hydrogen-bond donors (Lipinski definition) is 2. The third kappa shape index (κ3) is 5.77. The molecule has 2 N–H and O–H groups in total. The number of non-ortho nitro benzene ring substituents is 1. The number of aromatic nitrogens is 4. The van der Waals surface area contributed by atoms with Crippen molar-refractivity contribution in [2.45, 2.75) is 26.0 Å². The molecule has 2 heterocycles. The van der Waals surface area contributed by atoms with E-state index in [-0.39, 0.29) is 17.7 Å². The monoisotopic (exact) mass is 472 g/mol. The maximum atomic E-state index is 13.1. The van der Waals surface area contributed by atoms with Crippen LogP contribution in [0.2, 0.25) is 0 Å². The molecule has 0 fully saturated rings. The van der Waals surface area contributed by atoms with Crippen molar-refractivity contribution in [2.75, 3.05) is 19.4 Å². The van der Waals surface area contributed by atoms with E-state index < -0.39 is 16.5 Å². The molecule has 0 saturated heterocycles. The van der Waals surface area contributed by atoms with Crippen LogP contribution in [0.4, 0.5) is 5.69 Å². The van der Waals surface area contributed by atoms with Crippen LogP contribution in [0.15, 0.2) is 40.4 Å². The molecule has 0 aliphatic rings. The van der Waals surface area contributed by atoms with Crippen LogP contribution >= 0.6 is 11.8 Å². The Hall–Kier alpha value is -3.67. The maximum absolute atomic E-state index is 13.1. The van der Waals surface area contributed by atoms with Gasteiger partial charge in [0.25, 0.3) is 11.2 Å². The summed E-state index contributed by atoms with van der Waals surface area (Å²) < 4.78 is 5.99. The lowest BCUT2D eigenvalue weighted by atomic mass is 10.1. The number of carbonyl (C=O) groups is 1. The molecule has 174 valence electrons. The fourth-order valence-electron chi connectivity index (χ4n) is 3.16. The molecule has 0 radical (unpaired) electrons. The average molecular weight is 473 g/mol. The van der Waals surface area contributed by atoms with E-state index in [4.69, 9.17) is 4.74 Å². The number of hydrogen-bond acceptors (Lipinski definition) is 8. The molecule has 0 atom stereocenters. The summed E-state index contributed by atoms with van der Waals surface area (Å²) >= 11 is 1.68. The molecule has 0 spiro atoms. The molecule has 0 amide bonds. The second kappa shape index (κ2) is 10.8. The molecule has 2 aromatic heterocycles. The van der Waals surface area contributed by atoms with E-state index in [2.05, 4.69) is 20.1 Å². The molecule has 0 saturated carbocycles. The number of imidazole rings is 1. The number of methoxy groups -OCH3 is 1. The molecule has 0 bridgehead atoms. The number of nitro groups is 1. The van der Waals surface area contributed by atoms with Crippen molar-refractivity contribution >= 4 is 29.1 Å². The van der Waals surface area contributed by atoms with Gasteiger partial charge in [-0.2, -0.15) is 11.8 Å². The molecule has 0 aliphatic carbocycles. The van der Waals surface area contributed by atoms with Crippen molar-refractivity contribution in [3.8, 4) is 5.69 Å². The minimum Gasteiger partial charge on any atom is -0.469 e. The number of nitro benzene ring substituents is 1. The maximum Gasteiger partial charge on any atom is 0.311 e. The van der Waals surface area contributed by atoms with Crippen molar-refractivity contribution in [3.05, 3.63) is 73.7 Å². The molecule has 0 aliphatic heterocycles. The first-order valence-corrected chi connectivity index (χ1v) is 11.2. The second-order valence-corrected chi connectivity index (χ2v) is 8.23. The summed E-state index contributed by atoms with van der Waals surface area (Å²) in [6.45, 7) is 4.17. The van der Waals surface area contributed by atoms with Gasteiger partial charge in [0.05, 0.1) is 47.4 Å². The highest BCUT2D eigenvalue weighted by atomic mass is 32.2. The lowest BCUT2D eigenvalue weighted by Crippen LogP contribution is -2.20. The number of H-pyrrole nitrogens is 2. The van der Waals surface area contributed by atoms with Gasteiger partial charge in [0, 0.05) is 41.6 Å². The lowest BCUT2D eigenvalue weighted by Gasteiger charge is -2.02. The summed E-state index contributed by atoms with van der Waals surface area (Å²) in [5, 5.41) is 13.8. The Morgan fingerprint density at radius 2 is 2.06 bits per heavy atom. The number of rotatable bonds is 10. The first-order valence-electron chi connectivity index (χ1n) is 10.0. The number of benzene rings is 1. The van der Waals surface area contributed by atoms with Crippen molar-refractivity contribution in [3.63, 3.8) is 0 Å². The molecule has 1 aromatic carbocycles. The Morgan fingerprint density at radius 1 is 1.33 bits per heavy atom. The second-order valence-electron chi connectivity index (χ2n) is 7.13. The van der Waals surface area contributed by atoms with E-state index in [9.17, 15) is 19.7 Å². The van der Waals surface area contributed by atoms with Gasteiger partial charge in [0.1, 0.15) is 0 Å². The predicted molar refractivity (Wildman–Crippen MR) is 125 cm³/mol. The number of nitrogens with zero attached hydrogens (tertiary/aromatic N) is 4. The number of aliphatic imine (C=N–C) groups is 1. The SMILES string of the molecule is COC(=O)Cc1[nH]n(-c2ccc([N+](=O)[O-])cc2)c(=O)c1C(C)=NCCSCc1nc[nH]c1C. The first kappa shape index (κ1) is 24.0. The highest BCUT2D eigenvalue weighted by Crippen LogP contribution is 2.16. The van der Waals surface area contributed by atoms with Gasteiger partial charge in [-0.25, -0.2) is 9.67 Å². The molecule has 12 heteroatoms. The number of ether oxygens (including phenoxy) is 1. The van der Waals surface area contributed by atoms with Crippen LogP contribution in [0.3, 0.4) is 0 Å². The topological polar surface area (TPSA) is 148 Å². The third-order valence-corrected chi connectivity index (χ3v) is 5.90. The van der Waals surface area contributed by atoms with Crippen LogP contribution in [-0.4, -0.2) is 55.8 Å². The van der Waals surface area contributed by atoms with Crippen LogP contribution in [0.5, 0.6) is 0 Å².